The Balaban J connectivity index is -0.000000340. The van der Waals surface area contributed by atoms with Gasteiger partial charge in [0.05, 0.1) is 0 Å². The van der Waals surface area contributed by atoms with Gasteiger partial charge in [0.15, 0.2) is 0 Å². The number of carbonyl (C=O) groups excluding carboxylic acids is 1. The number of hydrogen-bond acceptors (Lipinski definition) is 4. The fourth-order valence-corrected chi connectivity index (χ4v) is 1.02. The van der Waals surface area contributed by atoms with Crippen molar-refractivity contribution in [3.8, 4) is 0 Å². The zero-order chi connectivity index (χ0) is 12.6. The Labute approximate surface area is 127 Å². The van der Waals surface area contributed by atoms with Crippen LogP contribution in [0.15, 0.2) is 0 Å². The van der Waals surface area contributed by atoms with Crippen molar-refractivity contribution in [1.82, 2.24) is 0 Å². The fraction of sp³-hybridized carbons (Fsp3) is 0.917. The van der Waals surface area contributed by atoms with E-state index in [2.05, 4.69) is 6.92 Å². The Morgan fingerprint density at radius 1 is 1.12 bits per heavy atom. The van der Waals surface area contributed by atoms with E-state index in [1.807, 2.05) is 0 Å². The van der Waals surface area contributed by atoms with Crippen molar-refractivity contribution in [2.24, 2.45) is 0 Å². The third kappa shape index (κ3) is 38.5. The van der Waals surface area contributed by atoms with Crippen LogP contribution in [0.5, 0.6) is 0 Å². The molecule has 0 heterocycles. The summed E-state index contributed by atoms with van der Waals surface area (Å²) in [5, 5.41) is 17.4. The van der Waals surface area contributed by atoms with Crippen LogP contribution in [0.4, 0.5) is 0 Å². The van der Waals surface area contributed by atoms with Crippen LogP contribution in [0.25, 0.3) is 0 Å². The van der Waals surface area contributed by atoms with Crippen LogP contribution in [-0.2, 0) is 9.53 Å². The van der Waals surface area contributed by atoms with E-state index in [0.29, 0.717) is 6.61 Å². The first-order valence-electron chi connectivity index (χ1n) is 6.01. The Bertz CT molecular complexity index is 128. The van der Waals surface area contributed by atoms with E-state index in [1.165, 1.54) is 19.3 Å². The predicted molar refractivity (Wildman–Crippen MR) is 62.0 cm³/mol. The minimum Gasteiger partial charge on any atom is -0.550 e. The Morgan fingerprint density at radius 3 is 2.06 bits per heavy atom. The molecule has 0 fully saturated rings. The van der Waals surface area contributed by atoms with E-state index >= 15 is 0 Å². The van der Waals surface area contributed by atoms with Gasteiger partial charge in [0.2, 0.25) is 0 Å². The molecule has 0 spiro atoms. The number of carboxylic acid groups (broad SMARTS) is 1. The molecule has 0 radical (unpaired) electrons. The molecule has 0 saturated carbocycles. The van der Waals surface area contributed by atoms with Crippen molar-refractivity contribution in [2.45, 2.75) is 52.4 Å². The molecule has 0 aromatic rings. The molecule has 0 unspecified atom stereocenters. The summed E-state index contributed by atoms with van der Waals surface area (Å²) in [6.07, 6.45) is 6.79. The first-order valence-corrected chi connectivity index (χ1v) is 6.01. The molecule has 4 nitrogen and oxygen atoms in total. The molecular weight excluding hydrogens is 231 g/mol. The van der Waals surface area contributed by atoms with E-state index in [4.69, 9.17) is 19.7 Å². The molecule has 0 aromatic carbocycles. The number of hydrogen-bond donors (Lipinski definition) is 1. The van der Waals surface area contributed by atoms with E-state index in [0.717, 1.165) is 39.4 Å². The Morgan fingerprint density at radius 2 is 1.59 bits per heavy atom. The van der Waals surface area contributed by atoms with Gasteiger partial charge >= 0.3 is 29.6 Å². The molecule has 5 heteroatoms. The topological polar surface area (TPSA) is 69.6 Å². The zero-order valence-corrected chi connectivity index (χ0v) is 13.5. The molecule has 0 aliphatic rings. The molecular formula is C12H25NaO4. The molecule has 98 valence electrons. The summed E-state index contributed by atoms with van der Waals surface area (Å²) in [6, 6.07) is 0. The normalized spacial score (nSPS) is 8.88. The number of carbonyl (C=O) groups is 1. The van der Waals surface area contributed by atoms with Crippen molar-refractivity contribution < 1.29 is 49.3 Å². The van der Waals surface area contributed by atoms with E-state index < -0.39 is 5.97 Å². The maximum Gasteiger partial charge on any atom is 1.00 e. The van der Waals surface area contributed by atoms with Gasteiger partial charge in [-0.3, -0.25) is 0 Å². The second kappa shape index (κ2) is 21.7. The van der Waals surface area contributed by atoms with Gasteiger partial charge in [0.1, 0.15) is 0 Å². The first-order chi connectivity index (χ1) is 7.65. The molecule has 0 atom stereocenters. The second-order valence-electron chi connectivity index (χ2n) is 3.60. The van der Waals surface area contributed by atoms with E-state index in [9.17, 15) is 0 Å². The smallest absolute Gasteiger partial charge is 0.550 e. The first kappa shape index (κ1) is 22.6. The van der Waals surface area contributed by atoms with E-state index in [-0.39, 0.29) is 29.6 Å². The average Bonchev–Trinajstić information content (AvgIpc) is 2.21. The average molecular weight is 256 g/mol. The molecule has 0 aliphatic carbocycles. The standard InChI is InChI=1S/C10H22O2.C2H4O2.Na/c1-2-3-9-12-10-7-5-4-6-8-11;1-2(3)4;/h11H,2-10H2,1H3;1H3,(H,3,4);/q;;+1/p-1. The summed E-state index contributed by atoms with van der Waals surface area (Å²) < 4.78 is 5.39. The van der Waals surface area contributed by atoms with Crippen molar-refractivity contribution in [3.05, 3.63) is 0 Å². The summed E-state index contributed by atoms with van der Waals surface area (Å²) >= 11 is 0. The molecule has 17 heavy (non-hydrogen) atoms. The van der Waals surface area contributed by atoms with Crippen LogP contribution in [-0.4, -0.2) is 30.9 Å². The SMILES string of the molecule is CC(=O)[O-].CCCCOCCCCCCO.[Na+]. The van der Waals surface area contributed by atoms with Gasteiger partial charge in [0.25, 0.3) is 0 Å². The largest absolute Gasteiger partial charge is 1.00 e. The van der Waals surface area contributed by atoms with Crippen LogP contribution >= 0.6 is 0 Å². The number of aliphatic carboxylic acids is 1. The molecule has 0 aliphatic heterocycles. The number of aliphatic hydroxyl groups is 1. The second-order valence-corrected chi connectivity index (χ2v) is 3.60. The fourth-order valence-electron chi connectivity index (χ4n) is 1.02. The monoisotopic (exact) mass is 256 g/mol. The van der Waals surface area contributed by atoms with Crippen molar-refractivity contribution in [1.29, 1.82) is 0 Å². The van der Waals surface area contributed by atoms with Crippen LogP contribution in [0, 0.1) is 0 Å². The van der Waals surface area contributed by atoms with Gasteiger partial charge < -0.3 is 19.7 Å². The van der Waals surface area contributed by atoms with Crippen molar-refractivity contribution in [2.75, 3.05) is 19.8 Å². The van der Waals surface area contributed by atoms with Crippen LogP contribution in [0.2, 0.25) is 0 Å². The quantitative estimate of drug-likeness (QED) is 0.387. The predicted octanol–water partition coefficient (Wildman–Crippen LogP) is -1.88. The van der Waals surface area contributed by atoms with Gasteiger partial charge in [-0.15, -0.1) is 0 Å². The molecule has 1 N–H and O–H groups in total. The molecule has 0 rings (SSSR count). The van der Waals surface area contributed by atoms with Crippen molar-refractivity contribution >= 4 is 5.97 Å². The molecule has 0 saturated heterocycles. The molecule has 0 aromatic heterocycles. The number of carboxylic acids is 1. The third-order valence-corrected chi connectivity index (χ3v) is 1.84. The van der Waals surface area contributed by atoms with Crippen LogP contribution in [0.3, 0.4) is 0 Å². The van der Waals surface area contributed by atoms with Gasteiger partial charge in [0, 0.05) is 25.8 Å². The summed E-state index contributed by atoms with van der Waals surface area (Å²) in [5.41, 5.74) is 0. The maximum absolute atomic E-state index is 8.89. The Kier molecular flexibility index (Phi) is 28.7. The summed E-state index contributed by atoms with van der Waals surface area (Å²) in [7, 11) is 0. The summed E-state index contributed by atoms with van der Waals surface area (Å²) in [5.74, 6) is -1.08. The number of unbranched alkanes of at least 4 members (excludes halogenated alkanes) is 4. The summed E-state index contributed by atoms with van der Waals surface area (Å²) in [4.78, 5) is 8.89. The van der Waals surface area contributed by atoms with Crippen molar-refractivity contribution in [3.63, 3.8) is 0 Å². The maximum atomic E-state index is 8.89. The number of aliphatic hydroxyl groups excluding tert-OH is 1. The zero-order valence-electron chi connectivity index (χ0n) is 11.5. The Hall–Kier alpha value is 0.390. The van der Waals surface area contributed by atoms with Crippen LogP contribution < -0.4 is 34.7 Å². The van der Waals surface area contributed by atoms with E-state index in [1.54, 1.807) is 0 Å². The molecule has 0 bridgehead atoms. The number of rotatable bonds is 9. The van der Waals surface area contributed by atoms with Gasteiger partial charge in [-0.05, 0) is 26.2 Å². The summed E-state index contributed by atoms with van der Waals surface area (Å²) in [6.45, 7) is 5.28. The third-order valence-electron chi connectivity index (χ3n) is 1.84. The number of ether oxygens (including phenoxy) is 1. The minimum absolute atomic E-state index is 0. The minimum atomic E-state index is -1.08. The van der Waals surface area contributed by atoms with Gasteiger partial charge in [-0.1, -0.05) is 26.2 Å². The van der Waals surface area contributed by atoms with Gasteiger partial charge in [-0.25, -0.2) is 0 Å². The van der Waals surface area contributed by atoms with Gasteiger partial charge in [-0.2, -0.15) is 0 Å². The molecule has 0 amide bonds. The van der Waals surface area contributed by atoms with Crippen LogP contribution in [0.1, 0.15) is 52.4 Å².